The molecule has 154 valence electrons. The zero-order chi connectivity index (χ0) is 19.3. The highest BCUT2D eigenvalue weighted by Crippen LogP contribution is 2.32. The molecule has 0 unspecified atom stereocenters. The Morgan fingerprint density at radius 1 is 1.17 bits per heavy atom. The van der Waals surface area contributed by atoms with Crippen LogP contribution in [0.1, 0.15) is 24.7 Å². The molecular weight excluding hydrogens is 481 g/mol. The van der Waals surface area contributed by atoms with E-state index in [0.717, 1.165) is 47.2 Å². The monoisotopic (exact) mass is 507 g/mol. The van der Waals surface area contributed by atoms with Crippen molar-refractivity contribution in [3.63, 3.8) is 0 Å². The second-order valence-electron chi connectivity index (χ2n) is 6.66. The molecule has 0 fully saturated rings. The first kappa shape index (κ1) is 21.2. The zero-order valence-electron chi connectivity index (χ0n) is 16.6. The number of nitrogens with zero attached hydrogens (tertiary/aromatic N) is 3. The number of aromatic nitrogens is 2. The van der Waals surface area contributed by atoms with Gasteiger partial charge in [0.15, 0.2) is 17.5 Å². The summed E-state index contributed by atoms with van der Waals surface area (Å²) in [5.41, 5.74) is 3.91. The first-order chi connectivity index (χ1) is 13.7. The van der Waals surface area contributed by atoms with Gasteiger partial charge in [0.05, 0.1) is 25.5 Å². The quantitative estimate of drug-likeness (QED) is 0.318. The number of imidazole rings is 1. The Morgan fingerprint density at radius 3 is 2.79 bits per heavy atom. The number of nitrogens with one attached hydrogen (secondary N) is 2. The van der Waals surface area contributed by atoms with Crippen LogP contribution < -0.4 is 20.1 Å². The number of benzene rings is 1. The van der Waals surface area contributed by atoms with Gasteiger partial charge in [-0.3, -0.25) is 0 Å². The molecule has 1 aromatic carbocycles. The molecule has 4 rings (SSSR count). The molecule has 0 saturated heterocycles. The number of aliphatic imine (C=N–C) groups is 1. The van der Waals surface area contributed by atoms with Crippen LogP contribution in [-0.2, 0) is 6.54 Å². The van der Waals surface area contributed by atoms with Gasteiger partial charge in [0.25, 0.3) is 0 Å². The zero-order valence-corrected chi connectivity index (χ0v) is 19.0. The topological polar surface area (TPSA) is 72.2 Å². The molecule has 0 aliphatic carbocycles. The molecule has 2 aromatic heterocycles. The molecule has 7 nitrogen and oxygen atoms in total. The number of halogens is 1. The second kappa shape index (κ2) is 9.82. The maximum absolute atomic E-state index is 5.77. The minimum Gasteiger partial charge on any atom is -0.490 e. The number of aryl methyl sites for hydroxylation is 1. The van der Waals surface area contributed by atoms with Gasteiger partial charge in [0, 0.05) is 36.6 Å². The fourth-order valence-electron chi connectivity index (χ4n) is 3.12. The van der Waals surface area contributed by atoms with E-state index in [4.69, 9.17) is 9.47 Å². The third-order valence-corrected chi connectivity index (χ3v) is 4.50. The number of rotatable bonds is 4. The molecule has 3 aromatic rings. The van der Waals surface area contributed by atoms with Crippen LogP contribution in [0.4, 0.5) is 5.69 Å². The third-order valence-electron chi connectivity index (χ3n) is 4.50. The van der Waals surface area contributed by atoms with Gasteiger partial charge < -0.3 is 24.5 Å². The fourth-order valence-corrected chi connectivity index (χ4v) is 3.12. The number of ether oxygens (including phenoxy) is 2. The largest absolute Gasteiger partial charge is 0.490 e. The first-order valence-electron chi connectivity index (χ1n) is 9.61. The average Bonchev–Trinajstić information content (AvgIpc) is 2.98. The van der Waals surface area contributed by atoms with Crippen LogP contribution in [-0.4, -0.2) is 35.1 Å². The molecule has 0 saturated carbocycles. The van der Waals surface area contributed by atoms with Gasteiger partial charge in [0.2, 0.25) is 0 Å². The van der Waals surface area contributed by atoms with Gasteiger partial charge in [-0.15, -0.1) is 24.0 Å². The number of hydrogen-bond donors (Lipinski definition) is 2. The Labute approximate surface area is 187 Å². The summed E-state index contributed by atoms with van der Waals surface area (Å²) in [5.74, 6) is 2.24. The summed E-state index contributed by atoms with van der Waals surface area (Å²) in [5, 5.41) is 6.61. The lowest BCUT2D eigenvalue weighted by Gasteiger charge is -2.13. The molecule has 1 aliphatic rings. The van der Waals surface area contributed by atoms with E-state index in [0.29, 0.717) is 25.7 Å². The predicted octanol–water partition coefficient (Wildman–Crippen LogP) is 4.00. The highest BCUT2D eigenvalue weighted by molar-refractivity contribution is 14.0. The Bertz CT molecular complexity index is 1000. The normalized spacial score (nSPS) is 13.5. The van der Waals surface area contributed by atoms with Crippen molar-refractivity contribution in [1.82, 2.24) is 14.7 Å². The van der Waals surface area contributed by atoms with Crippen molar-refractivity contribution in [2.45, 2.75) is 26.8 Å². The fraction of sp³-hybridized carbons (Fsp3) is 0.333. The average molecular weight is 507 g/mol. The van der Waals surface area contributed by atoms with Crippen molar-refractivity contribution in [1.29, 1.82) is 0 Å². The van der Waals surface area contributed by atoms with E-state index in [9.17, 15) is 0 Å². The number of guanidine groups is 1. The smallest absolute Gasteiger partial charge is 0.196 e. The third kappa shape index (κ3) is 5.11. The van der Waals surface area contributed by atoms with Gasteiger partial charge in [-0.05, 0) is 38.1 Å². The lowest BCUT2D eigenvalue weighted by Crippen LogP contribution is -2.30. The summed E-state index contributed by atoms with van der Waals surface area (Å²) in [6, 6.07) is 11.9. The van der Waals surface area contributed by atoms with Gasteiger partial charge in [0.1, 0.15) is 5.65 Å². The van der Waals surface area contributed by atoms with E-state index in [1.807, 2.05) is 43.5 Å². The standard InChI is InChI=1S/C21H25N5O2.HI/c1-3-22-21(23-13-17-14-26-15(2)6-4-7-20(26)24-17)25-16-8-9-18-19(12-16)28-11-5-10-27-18;/h4,6-9,12,14H,3,5,10-11,13H2,1-2H3,(H2,22,23,25);1H. The lowest BCUT2D eigenvalue weighted by molar-refractivity contribution is 0.297. The Balaban J connectivity index is 0.00000240. The number of pyridine rings is 1. The van der Waals surface area contributed by atoms with E-state index in [2.05, 4.69) is 38.0 Å². The molecule has 3 heterocycles. The van der Waals surface area contributed by atoms with Crippen LogP contribution in [0.15, 0.2) is 47.6 Å². The van der Waals surface area contributed by atoms with E-state index < -0.39 is 0 Å². The summed E-state index contributed by atoms with van der Waals surface area (Å²) < 4.78 is 13.5. The summed E-state index contributed by atoms with van der Waals surface area (Å²) in [6.45, 7) is 6.71. The summed E-state index contributed by atoms with van der Waals surface area (Å²) in [7, 11) is 0. The van der Waals surface area contributed by atoms with E-state index in [1.165, 1.54) is 0 Å². The number of fused-ring (bicyclic) bond motifs is 2. The highest BCUT2D eigenvalue weighted by Gasteiger charge is 2.11. The number of hydrogen-bond acceptors (Lipinski definition) is 4. The Hall–Kier alpha value is -2.49. The molecule has 0 amide bonds. The maximum atomic E-state index is 5.77. The van der Waals surface area contributed by atoms with Crippen LogP contribution in [0, 0.1) is 6.92 Å². The number of anilines is 1. The van der Waals surface area contributed by atoms with Gasteiger partial charge in [-0.25, -0.2) is 9.98 Å². The Kier molecular flexibility index (Phi) is 7.18. The Morgan fingerprint density at radius 2 is 2.00 bits per heavy atom. The molecule has 8 heteroatoms. The van der Waals surface area contributed by atoms with Gasteiger partial charge >= 0.3 is 0 Å². The molecular formula is C21H26IN5O2. The predicted molar refractivity (Wildman–Crippen MR) is 126 cm³/mol. The van der Waals surface area contributed by atoms with Crippen LogP contribution in [0.3, 0.4) is 0 Å². The van der Waals surface area contributed by atoms with Crippen LogP contribution in [0.25, 0.3) is 5.65 Å². The van der Waals surface area contributed by atoms with Crippen molar-refractivity contribution in [3.05, 3.63) is 54.0 Å². The SMILES string of the molecule is CCNC(=NCc1cn2c(C)cccc2n1)Nc1ccc2c(c1)OCCCO2.I. The molecule has 0 spiro atoms. The second-order valence-corrected chi connectivity index (χ2v) is 6.66. The van der Waals surface area contributed by atoms with Gasteiger partial charge in [-0.2, -0.15) is 0 Å². The highest BCUT2D eigenvalue weighted by atomic mass is 127. The molecule has 2 N–H and O–H groups in total. The van der Waals surface area contributed by atoms with Crippen molar-refractivity contribution in [3.8, 4) is 11.5 Å². The van der Waals surface area contributed by atoms with E-state index in [1.54, 1.807) is 0 Å². The molecule has 0 bridgehead atoms. The minimum atomic E-state index is 0. The van der Waals surface area contributed by atoms with Crippen molar-refractivity contribution >= 4 is 41.3 Å². The van der Waals surface area contributed by atoms with Crippen LogP contribution >= 0.6 is 24.0 Å². The summed E-state index contributed by atoms with van der Waals surface area (Å²) in [4.78, 5) is 9.33. The van der Waals surface area contributed by atoms with E-state index in [-0.39, 0.29) is 24.0 Å². The lowest BCUT2D eigenvalue weighted by atomic mass is 10.3. The summed E-state index contributed by atoms with van der Waals surface area (Å²) in [6.07, 6.45) is 2.92. The molecule has 29 heavy (non-hydrogen) atoms. The first-order valence-corrected chi connectivity index (χ1v) is 9.61. The molecule has 0 atom stereocenters. The minimum absolute atomic E-state index is 0. The molecule has 1 aliphatic heterocycles. The van der Waals surface area contributed by atoms with Crippen molar-refractivity contribution < 1.29 is 9.47 Å². The van der Waals surface area contributed by atoms with Crippen LogP contribution in [0.5, 0.6) is 11.5 Å². The van der Waals surface area contributed by atoms with Crippen molar-refractivity contribution in [2.75, 3.05) is 25.1 Å². The van der Waals surface area contributed by atoms with Crippen LogP contribution in [0.2, 0.25) is 0 Å². The van der Waals surface area contributed by atoms with Gasteiger partial charge in [-0.1, -0.05) is 6.07 Å². The van der Waals surface area contributed by atoms with E-state index >= 15 is 0 Å². The molecule has 0 radical (unpaired) electrons. The maximum Gasteiger partial charge on any atom is 0.196 e. The van der Waals surface area contributed by atoms with Crippen molar-refractivity contribution in [2.24, 2.45) is 4.99 Å². The summed E-state index contributed by atoms with van der Waals surface area (Å²) >= 11 is 0.